The molecule has 0 aliphatic carbocycles. The van der Waals surface area contributed by atoms with Crippen molar-refractivity contribution in [2.24, 2.45) is 0 Å². The molecule has 28 heavy (non-hydrogen) atoms. The Hall–Kier alpha value is -3.19. The summed E-state index contributed by atoms with van der Waals surface area (Å²) in [6.45, 7) is 5.63. The summed E-state index contributed by atoms with van der Waals surface area (Å²) in [6.07, 6.45) is 0. The van der Waals surface area contributed by atoms with Crippen molar-refractivity contribution < 1.29 is 4.74 Å². The predicted octanol–water partition coefficient (Wildman–Crippen LogP) is 3.37. The molecule has 3 aromatic rings. The quantitative estimate of drug-likeness (QED) is 0.683. The molecule has 1 saturated heterocycles. The monoisotopic (exact) mass is 376 g/mol. The van der Waals surface area contributed by atoms with E-state index in [9.17, 15) is 0 Å². The normalized spacial score (nSPS) is 14.0. The van der Waals surface area contributed by atoms with Gasteiger partial charge in [0, 0.05) is 25.3 Å². The Labute approximate surface area is 164 Å². The number of ether oxygens (including phenoxy) is 1. The molecule has 0 unspecified atom stereocenters. The van der Waals surface area contributed by atoms with E-state index in [4.69, 9.17) is 4.74 Å². The molecule has 1 aliphatic heterocycles. The summed E-state index contributed by atoms with van der Waals surface area (Å²) in [5.74, 6) is 1.73. The van der Waals surface area contributed by atoms with Crippen molar-refractivity contribution >= 4 is 23.5 Å². The van der Waals surface area contributed by atoms with Crippen molar-refractivity contribution in [3.63, 3.8) is 0 Å². The highest BCUT2D eigenvalue weighted by atomic mass is 16.5. The number of nitrogens with zero attached hydrogens (tertiary/aromatic N) is 4. The molecule has 2 aromatic carbocycles. The Morgan fingerprint density at radius 3 is 2.36 bits per heavy atom. The molecule has 4 rings (SSSR count). The van der Waals surface area contributed by atoms with Crippen LogP contribution < -0.4 is 15.5 Å². The molecular weight excluding hydrogens is 352 g/mol. The van der Waals surface area contributed by atoms with Gasteiger partial charge in [-0.25, -0.2) is 0 Å². The fourth-order valence-electron chi connectivity index (χ4n) is 2.94. The van der Waals surface area contributed by atoms with Gasteiger partial charge in [-0.3, -0.25) is 0 Å². The maximum absolute atomic E-state index is 5.45. The Morgan fingerprint density at radius 1 is 0.893 bits per heavy atom. The molecule has 7 nitrogen and oxygen atoms in total. The van der Waals surface area contributed by atoms with Gasteiger partial charge in [0.1, 0.15) is 0 Å². The minimum absolute atomic E-state index is 0.522. The van der Waals surface area contributed by atoms with Crippen molar-refractivity contribution in [1.82, 2.24) is 15.0 Å². The number of anilines is 4. The van der Waals surface area contributed by atoms with Gasteiger partial charge in [-0.1, -0.05) is 48.0 Å². The van der Waals surface area contributed by atoms with Crippen molar-refractivity contribution in [2.75, 3.05) is 41.8 Å². The van der Waals surface area contributed by atoms with Crippen LogP contribution in [0.4, 0.5) is 23.5 Å². The number of benzene rings is 2. The number of hydrogen-bond acceptors (Lipinski definition) is 7. The van der Waals surface area contributed by atoms with E-state index >= 15 is 0 Å². The predicted molar refractivity (Wildman–Crippen MR) is 111 cm³/mol. The zero-order valence-electron chi connectivity index (χ0n) is 15.9. The van der Waals surface area contributed by atoms with E-state index in [2.05, 4.69) is 61.7 Å². The first kappa shape index (κ1) is 18.2. The van der Waals surface area contributed by atoms with Crippen LogP contribution in [-0.4, -0.2) is 41.3 Å². The molecule has 2 heterocycles. The van der Waals surface area contributed by atoms with Crippen molar-refractivity contribution in [3.8, 4) is 0 Å². The van der Waals surface area contributed by atoms with E-state index in [-0.39, 0.29) is 0 Å². The van der Waals surface area contributed by atoms with Gasteiger partial charge in [-0.2, -0.15) is 15.0 Å². The van der Waals surface area contributed by atoms with E-state index in [1.165, 1.54) is 11.1 Å². The minimum atomic E-state index is 0.522. The van der Waals surface area contributed by atoms with Crippen LogP contribution in [0.5, 0.6) is 0 Å². The number of para-hydroxylation sites is 1. The topological polar surface area (TPSA) is 75.2 Å². The first-order valence-electron chi connectivity index (χ1n) is 9.46. The third kappa shape index (κ3) is 4.75. The highest BCUT2D eigenvalue weighted by Gasteiger charge is 2.16. The summed E-state index contributed by atoms with van der Waals surface area (Å²) in [5.41, 5.74) is 3.36. The van der Waals surface area contributed by atoms with Crippen LogP contribution in [0.25, 0.3) is 0 Å². The number of hydrogen-bond donors (Lipinski definition) is 2. The van der Waals surface area contributed by atoms with Gasteiger partial charge >= 0.3 is 0 Å². The second kappa shape index (κ2) is 8.67. The van der Waals surface area contributed by atoms with Gasteiger partial charge in [0.15, 0.2) is 0 Å². The lowest BCUT2D eigenvalue weighted by atomic mass is 10.1. The van der Waals surface area contributed by atoms with Gasteiger partial charge in [-0.15, -0.1) is 0 Å². The zero-order valence-corrected chi connectivity index (χ0v) is 15.9. The molecular formula is C21H24N6O. The smallest absolute Gasteiger partial charge is 0.233 e. The fraction of sp³-hybridized carbons (Fsp3) is 0.286. The van der Waals surface area contributed by atoms with Gasteiger partial charge in [-0.05, 0) is 24.6 Å². The standard InChI is InChI=1S/C21H24N6O/c1-16-7-9-17(10-8-16)15-22-19-24-20(23-18-5-3-2-4-6-18)26-21(25-19)27-11-13-28-14-12-27/h2-10H,11-15H2,1H3,(H2,22,23,24,25,26). The molecule has 0 radical (unpaired) electrons. The molecule has 7 heteroatoms. The molecule has 0 saturated carbocycles. The van der Waals surface area contributed by atoms with Crippen LogP contribution in [0.15, 0.2) is 54.6 Å². The van der Waals surface area contributed by atoms with Crippen LogP contribution in [-0.2, 0) is 11.3 Å². The first-order valence-corrected chi connectivity index (χ1v) is 9.46. The van der Waals surface area contributed by atoms with Crippen LogP contribution >= 0.6 is 0 Å². The Bertz CT molecular complexity index is 895. The molecule has 0 atom stereocenters. The third-order valence-corrected chi connectivity index (χ3v) is 4.52. The van der Waals surface area contributed by atoms with Crippen molar-refractivity contribution in [2.45, 2.75) is 13.5 Å². The molecule has 1 fully saturated rings. The molecule has 0 bridgehead atoms. The second-order valence-corrected chi connectivity index (χ2v) is 6.71. The number of nitrogens with one attached hydrogen (secondary N) is 2. The minimum Gasteiger partial charge on any atom is -0.378 e. The van der Waals surface area contributed by atoms with Crippen LogP contribution in [0.2, 0.25) is 0 Å². The first-order chi connectivity index (χ1) is 13.8. The molecule has 2 N–H and O–H groups in total. The van der Waals surface area contributed by atoms with E-state index in [0.29, 0.717) is 37.6 Å². The third-order valence-electron chi connectivity index (χ3n) is 4.52. The number of rotatable bonds is 6. The number of morpholine rings is 1. The Balaban J connectivity index is 1.56. The average molecular weight is 376 g/mol. The summed E-state index contributed by atoms with van der Waals surface area (Å²) in [4.78, 5) is 15.9. The van der Waals surface area contributed by atoms with Crippen LogP contribution in [0, 0.1) is 6.92 Å². The number of aromatic nitrogens is 3. The summed E-state index contributed by atoms with van der Waals surface area (Å²) < 4.78 is 5.45. The molecule has 144 valence electrons. The lowest BCUT2D eigenvalue weighted by molar-refractivity contribution is 0.122. The second-order valence-electron chi connectivity index (χ2n) is 6.71. The zero-order chi connectivity index (χ0) is 19.2. The van der Waals surface area contributed by atoms with Crippen molar-refractivity contribution in [1.29, 1.82) is 0 Å². The van der Waals surface area contributed by atoms with Gasteiger partial charge in [0.2, 0.25) is 17.8 Å². The van der Waals surface area contributed by atoms with Crippen LogP contribution in [0.3, 0.4) is 0 Å². The fourth-order valence-corrected chi connectivity index (χ4v) is 2.94. The van der Waals surface area contributed by atoms with Gasteiger partial charge in [0.25, 0.3) is 0 Å². The lowest BCUT2D eigenvalue weighted by Gasteiger charge is -2.27. The SMILES string of the molecule is Cc1ccc(CNc2nc(Nc3ccccc3)nc(N3CCOCC3)n2)cc1. The lowest BCUT2D eigenvalue weighted by Crippen LogP contribution is -2.37. The summed E-state index contributed by atoms with van der Waals surface area (Å²) in [7, 11) is 0. The summed E-state index contributed by atoms with van der Waals surface area (Å²) in [6, 6.07) is 18.3. The maximum Gasteiger partial charge on any atom is 0.233 e. The maximum atomic E-state index is 5.45. The summed E-state index contributed by atoms with van der Waals surface area (Å²) in [5, 5.41) is 6.60. The van der Waals surface area contributed by atoms with Gasteiger partial charge in [0.05, 0.1) is 13.2 Å². The largest absolute Gasteiger partial charge is 0.378 e. The Morgan fingerprint density at radius 2 is 1.61 bits per heavy atom. The molecule has 0 spiro atoms. The van der Waals surface area contributed by atoms with Gasteiger partial charge < -0.3 is 20.3 Å². The highest BCUT2D eigenvalue weighted by molar-refractivity contribution is 5.55. The van der Waals surface area contributed by atoms with E-state index in [1.807, 2.05) is 30.3 Å². The van der Waals surface area contributed by atoms with E-state index < -0.39 is 0 Å². The van der Waals surface area contributed by atoms with E-state index in [1.54, 1.807) is 0 Å². The van der Waals surface area contributed by atoms with E-state index in [0.717, 1.165) is 18.8 Å². The molecule has 1 aliphatic rings. The molecule has 0 amide bonds. The van der Waals surface area contributed by atoms with Crippen molar-refractivity contribution in [3.05, 3.63) is 65.7 Å². The highest BCUT2D eigenvalue weighted by Crippen LogP contribution is 2.19. The Kier molecular flexibility index (Phi) is 5.63. The average Bonchev–Trinajstić information content (AvgIpc) is 2.75. The number of aryl methyl sites for hydroxylation is 1. The summed E-state index contributed by atoms with van der Waals surface area (Å²) >= 11 is 0. The molecule has 1 aromatic heterocycles. The van der Waals surface area contributed by atoms with Crippen LogP contribution in [0.1, 0.15) is 11.1 Å².